The van der Waals surface area contributed by atoms with Gasteiger partial charge in [0.2, 0.25) is 0 Å². The molecule has 2 atom stereocenters. The maximum absolute atomic E-state index is 12.9. The average Bonchev–Trinajstić information content (AvgIpc) is 3.23. The van der Waals surface area contributed by atoms with E-state index in [1.165, 1.54) is 10.9 Å². The monoisotopic (exact) mass is 368 g/mol. The maximum Gasteiger partial charge on any atom is 0.260 e. The molecule has 8 nitrogen and oxygen atoms in total. The van der Waals surface area contributed by atoms with E-state index in [-0.39, 0.29) is 23.9 Å². The molecule has 1 aliphatic rings. The van der Waals surface area contributed by atoms with Gasteiger partial charge in [0.15, 0.2) is 0 Å². The number of hydrogen-bond donors (Lipinski definition) is 1. The van der Waals surface area contributed by atoms with Crippen molar-refractivity contribution in [1.29, 1.82) is 0 Å². The van der Waals surface area contributed by atoms with Gasteiger partial charge in [-0.05, 0) is 25.1 Å². The predicted molar refractivity (Wildman–Crippen MR) is 97.3 cm³/mol. The van der Waals surface area contributed by atoms with Crippen molar-refractivity contribution in [3.63, 3.8) is 0 Å². The molecule has 0 spiro atoms. The van der Waals surface area contributed by atoms with Gasteiger partial charge in [-0.25, -0.2) is 4.98 Å². The Balaban J connectivity index is 1.53. The zero-order chi connectivity index (χ0) is 19.1. The second-order valence-corrected chi connectivity index (χ2v) is 7.07. The van der Waals surface area contributed by atoms with Crippen LogP contribution in [0.15, 0.2) is 39.9 Å². The van der Waals surface area contributed by atoms with Gasteiger partial charge in [-0.3, -0.25) is 9.59 Å². The van der Waals surface area contributed by atoms with Gasteiger partial charge in [-0.15, -0.1) is 0 Å². The third-order valence-electron chi connectivity index (χ3n) is 5.00. The molecule has 1 amide bonds. The number of likely N-dealkylation sites (tertiary alicyclic amines) is 1. The molecule has 0 unspecified atom stereocenters. The van der Waals surface area contributed by atoms with E-state index in [0.717, 1.165) is 5.69 Å². The molecule has 0 radical (unpaired) electrons. The van der Waals surface area contributed by atoms with Crippen molar-refractivity contribution in [2.75, 3.05) is 13.1 Å². The zero-order valence-corrected chi connectivity index (χ0v) is 15.1. The van der Waals surface area contributed by atoms with Crippen LogP contribution < -0.4 is 5.56 Å². The van der Waals surface area contributed by atoms with Gasteiger partial charge in [-0.1, -0.05) is 5.16 Å². The van der Waals surface area contributed by atoms with E-state index < -0.39 is 6.10 Å². The summed E-state index contributed by atoms with van der Waals surface area (Å²) in [6, 6.07) is 6.72. The number of benzene rings is 1. The fourth-order valence-corrected chi connectivity index (χ4v) is 3.52. The number of aryl methyl sites for hydroxylation is 2. The summed E-state index contributed by atoms with van der Waals surface area (Å²) in [4.78, 5) is 30.8. The molecule has 0 bridgehead atoms. The van der Waals surface area contributed by atoms with Crippen molar-refractivity contribution in [2.24, 2.45) is 13.0 Å². The number of fused-ring (bicyclic) bond motifs is 1. The number of aromatic nitrogens is 3. The first kappa shape index (κ1) is 17.4. The standard InChI is InChI=1S/C19H20N4O4/c1-11-5-14(27-21-11)6-13-8-23(9-17(13)24)18(25)12-3-4-15-16(7-12)20-10-22(2)19(15)26/h3-5,7,10,13,17,24H,6,8-9H2,1-2H3/t13-,17+/m1/s1. The van der Waals surface area contributed by atoms with E-state index in [0.29, 0.717) is 35.2 Å². The molecule has 3 aromatic rings. The van der Waals surface area contributed by atoms with Crippen molar-refractivity contribution < 1.29 is 14.4 Å². The Labute approximate surface area is 155 Å². The van der Waals surface area contributed by atoms with Gasteiger partial charge in [0, 0.05) is 44.1 Å². The van der Waals surface area contributed by atoms with E-state index >= 15 is 0 Å². The number of nitrogens with zero attached hydrogens (tertiary/aromatic N) is 4. The Hall–Kier alpha value is -3.00. The number of aliphatic hydroxyl groups excluding tert-OH is 1. The van der Waals surface area contributed by atoms with E-state index in [9.17, 15) is 14.7 Å². The minimum Gasteiger partial charge on any atom is -0.391 e. The molecule has 0 aliphatic carbocycles. The predicted octanol–water partition coefficient (Wildman–Crippen LogP) is 0.906. The molecule has 1 fully saturated rings. The summed E-state index contributed by atoms with van der Waals surface area (Å²) in [7, 11) is 1.63. The first-order chi connectivity index (χ1) is 12.9. The topological polar surface area (TPSA) is 101 Å². The second kappa shape index (κ2) is 6.62. The largest absolute Gasteiger partial charge is 0.391 e. The molecule has 4 rings (SSSR count). The molecule has 1 aromatic carbocycles. The SMILES string of the molecule is Cc1cc(C[C@@H]2CN(C(=O)c3ccc4c(=O)n(C)cnc4c3)C[C@@H]2O)on1. The van der Waals surface area contributed by atoms with Crippen molar-refractivity contribution in [2.45, 2.75) is 19.4 Å². The Kier molecular flexibility index (Phi) is 4.27. The van der Waals surface area contributed by atoms with Crippen LogP contribution in [0, 0.1) is 12.8 Å². The summed E-state index contributed by atoms with van der Waals surface area (Å²) in [5.74, 6) is 0.415. The van der Waals surface area contributed by atoms with Crippen LogP contribution in [0.5, 0.6) is 0 Å². The lowest BCUT2D eigenvalue weighted by atomic mass is 10.0. The molecule has 0 saturated carbocycles. The smallest absolute Gasteiger partial charge is 0.260 e. The molecular formula is C19H20N4O4. The van der Waals surface area contributed by atoms with Crippen LogP contribution >= 0.6 is 0 Å². The van der Waals surface area contributed by atoms with Crippen molar-refractivity contribution in [3.05, 3.63) is 58.0 Å². The summed E-state index contributed by atoms with van der Waals surface area (Å²) < 4.78 is 6.62. The van der Waals surface area contributed by atoms with E-state index in [1.54, 1.807) is 30.1 Å². The van der Waals surface area contributed by atoms with Crippen LogP contribution in [0.25, 0.3) is 10.9 Å². The van der Waals surface area contributed by atoms with Gasteiger partial charge in [0.1, 0.15) is 5.76 Å². The van der Waals surface area contributed by atoms with Gasteiger partial charge in [-0.2, -0.15) is 0 Å². The maximum atomic E-state index is 12.9. The number of carbonyl (C=O) groups is 1. The summed E-state index contributed by atoms with van der Waals surface area (Å²) in [6.07, 6.45) is 1.35. The Bertz CT molecular complexity index is 1070. The Morgan fingerprint density at radius 1 is 1.33 bits per heavy atom. The highest BCUT2D eigenvalue weighted by Crippen LogP contribution is 2.24. The molecule has 1 saturated heterocycles. The van der Waals surface area contributed by atoms with Gasteiger partial charge in [0.05, 0.1) is 29.0 Å². The lowest BCUT2D eigenvalue weighted by Gasteiger charge is -2.16. The normalized spacial score (nSPS) is 19.7. The van der Waals surface area contributed by atoms with E-state index in [2.05, 4.69) is 10.1 Å². The quantitative estimate of drug-likeness (QED) is 0.737. The van der Waals surface area contributed by atoms with Crippen LogP contribution in [-0.2, 0) is 13.5 Å². The number of hydrogen-bond acceptors (Lipinski definition) is 6. The number of carbonyl (C=O) groups excluding carboxylic acids is 1. The van der Waals surface area contributed by atoms with E-state index in [4.69, 9.17) is 4.52 Å². The minimum absolute atomic E-state index is 0.104. The Morgan fingerprint density at radius 2 is 2.15 bits per heavy atom. The number of amides is 1. The second-order valence-electron chi connectivity index (χ2n) is 7.07. The van der Waals surface area contributed by atoms with Crippen LogP contribution in [0.1, 0.15) is 21.8 Å². The van der Waals surface area contributed by atoms with Crippen molar-refractivity contribution in [1.82, 2.24) is 19.6 Å². The van der Waals surface area contributed by atoms with Gasteiger partial charge < -0.3 is 19.1 Å². The van der Waals surface area contributed by atoms with Crippen molar-refractivity contribution >= 4 is 16.8 Å². The third-order valence-corrected chi connectivity index (χ3v) is 5.00. The highest BCUT2D eigenvalue weighted by atomic mass is 16.5. The fourth-order valence-electron chi connectivity index (χ4n) is 3.52. The number of aliphatic hydroxyl groups is 1. The van der Waals surface area contributed by atoms with Crippen LogP contribution in [0.2, 0.25) is 0 Å². The number of β-amino-alcohol motifs (C(OH)–C–C–N with tert-alkyl or cyclic N) is 1. The third kappa shape index (κ3) is 3.23. The molecular weight excluding hydrogens is 348 g/mol. The van der Waals surface area contributed by atoms with Gasteiger partial charge >= 0.3 is 0 Å². The molecule has 1 aliphatic heterocycles. The molecule has 8 heteroatoms. The minimum atomic E-state index is -0.620. The van der Waals surface area contributed by atoms with Crippen LogP contribution in [-0.4, -0.2) is 49.8 Å². The molecule has 27 heavy (non-hydrogen) atoms. The first-order valence-corrected chi connectivity index (χ1v) is 8.77. The summed E-state index contributed by atoms with van der Waals surface area (Å²) in [5.41, 5.74) is 1.57. The fraction of sp³-hybridized carbons (Fsp3) is 0.368. The average molecular weight is 368 g/mol. The van der Waals surface area contributed by atoms with Crippen molar-refractivity contribution in [3.8, 4) is 0 Å². The zero-order valence-electron chi connectivity index (χ0n) is 15.1. The molecule has 140 valence electrons. The van der Waals surface area contributed by atoms with E-state index in [1.807, 2.05) is 13.0 Å². The molecule has 1 N–H and O–H groups in total. The first-order valence-electron chi connectivity index (χ1n) is 8.77. The lowest BCUT2D eigenvalue weighted by molar-refractivity contribution is 0.0764. The van der Waals surface area contributed by atoms with Gasteiger partial charge in [0.25, 0.3) is 11.5 Å². The molecule has 2 aromatic heterocycles. The summed E-state index contributed by atoms with van der Waals surface area (Å²) in [5, 5.41) is 14.7. The number of rotatable bonds is 3. The van der Waals surface area contributed by atoms with Crippen LogP contribution in [0.4, 0.5) is 0 Å². The summed E-state index contributed by atoms with van der Waals surface area (Å²) in [6.45, 7) is 2.54. The lowest BCUT2D eigenvalue weighted by Crippen LogP contribution is -2.29. The summed E-state index contributed by atoms with van der Waals surface area (Å²) >= 11 is 0. The highest BCUT2D eigenvalue weighted by Gasteiger charge is 2.35. The molecule has 3 heterocycles. The highest BCUT2D eigenvalue weighted by molar-refractivity contribution is 5.97. The van der Waals surface area contributed by atoms with Crippen LogP contribution in [0.3, 0.4) is 0 Å². The Morgan fingerprint density at radius 3 is 2.89 bits per heavy atom.